The van der Waals surface area contributed by atoms with E-state index in [1.165, 1.54) is 12.3 Å². The van der Waals surface area contributed by atoms with Crippen LogP contribution < -0.4 is 10.2 Å². The highest BCUT2D eigenvalue weighted by Gasteiger charge is 2.06. The Morgan fingerprint density at radius 3 is 2.81 bits per heavy atom. The Kier molecular flexibility index (Phi) is 5.49. The number of carbonyl (C=O) groups excluding carboxylic acids is 1. The number of nitrogens with one attached hydrogen (secondary N) is 1. The second kappa shape index (κ2) is 8.16. The third kappa shape index (κ3) is 4.19. The van der Waals surface area contributed by atoms with E-state index >= 15 is 0 Å². The fourth-order valence-corrected chi connectivity index (χ4v) is 2.72. The first-order chi connectivity index (χ1) is 12.7. The van der Waals surface area contributed by atoms with E-state index in [4.69, 9.17) is 4.74 Å². The molecule has 0 aliphatic heterocycles. The van der Waals surface area contributed by atoms with E-state index in [9.17, 15) is 9.90 Å². The third-order valence-electron chi connectivity index (χ3n) is 3.92. The number of nitrogens with zero attached hydrogens (tertiary/aromatic N) is 1. The van der Waals surface area contributed by atoms with E-state index in [1.807, 2.05) is 49.4 Å². The molecule has 0 unspecified atom stereocenters. The van der Waals surface area contributed by atoms with Crippen molar-refractivity contribution in [3.05, 3.63) is 71.8 Å². The van der Waals surface area contributed by atoms with Gasteiger partial charge in [0, 0.05) is 0 Å². The maximum Gasteiger partial charge on any atom is 0.244 e. The smallest absolute Gasteiger partial charge is 0.244 e. The lowest BCUT2D eigenvalue weighted by Gasteiger charge is -2.06. The van der Waals surface area contributed by atoms with Crippen molar-refractivity contribution in [2.24, 2.45) is 5.10 Å². The van der Waals surface area contributed by atoms with Crippen LogP contribution in [-0.2, 0) is 11.2 Å². The Balaban J connectivity index is 1.65. The summed E-state index contributed by atoms with van der Waals surface area (Å²) < 4.78 is 5.33. The number of benzene rings is 3. The van der Waals surface area contributed by atoms with Gasteiger partial charge in [0.2, 0.25) is 5.91 Å². The zero-order valence-electron chi connectivity index (χ0n) is 14.5. The predicted molar refractivity (Wildman–Crippen MR) is 103 cm³/mol. The fourth-order valence-electron chi connectivity index (χ4n) is 2.72. The Hall–Kier alpha value is -3.34. The third-order valence-corrected chi connectivity index (χ3v) is 3.92. The summed E-state index contributed by atoms with van der Waals surface area (Å²) >= 11 is 0. The first-order valence-corrected chi connectivity index (χ1v) is 8.41. The van der Waals surface area contributed by atoms with Crippen molar-refractivity contribution in [2.45, 2.75) is 13.3 Å². The van der Waals surface area contributed by atoms with Gasteiger partial charge in [-0.05, 0) is 47.0 Å². The maximum absolute atomic E-state index is 12.2. The van der Waals surface area contributed by atoms with Crippen LogP contribution in [0.25, 0.3) is 10.8 Å². The highest BCUT2D eigenvalue weighted by Crippen LogP contribution is 2.26. The van der Waals surface area contributed by atoms with Gasteiger partial charge < -0.3 is 9.84 Å². The molecule has 2 N–H and O–H groups in total. The summed E-state index contributed by atoms with van der Waals surface area (Å²) in [7, 11) is 0. The molecule has 0 heterocycles. The van der Waals surface area contributed by atoms with Crippen LogP contribution in [0.1, 0.15) is 18.1 Å². The topological polar surface area (TPSA) is 70.9 Å². The van der Waals surface area contributed by atoms with E-state index in [0.717, 1.165) is 21.9 Å². The summed E-state index contributed by atoms with van der Waals surface area (Å²) in [6.45, 7) is 2.30. The normalized spacial score (nSPS) is 11.0. The number of hydrogen-bond acceptors (Lipinski definition) is 4. The lowest BCUT2D eigenvalue weighted by Crippen LogP contribution is -2.19. The summed E-state index contributed by atoms with van der Waals surface area (Å²) in [5.41, 5.74) is 4.21. The standard InChI is InChI=1S/C21H20N2O3/c1-2-26-20-12-15(10-11-19(20)24)14-22-23-21(25)13-17-8-5-7-16-6-3-4-9-18(16)17/h3-12,14,24H,2,13H2,1H3,(H,23,25)/b22-14+. The quantitative estimate of drug-likeness (QED) is 0.528. The van der Waals surface area contributed by atoms with E-state index in [0.29, 0.717) is 12.4 Å². The Morgan fingerprint density at radius 2 is 1.96 bits per heavy atom. The largest absolute Gasteiger partial charge is 0.504 e. The van der Waals surface area contributed by atoms with Crippen molar-refractivity contribution in [3.8, 4) is 11.5 Å². The highest BCUT2D eigenvalue weighted by atomic mass is 16.5. The first-order valence-electron chi connectivity index (χ1n) is 8.41. The van der Waals surface area contributed by atoms with Gasteiger partial charge in [0.05, 0.1) is 19.2 Å². The summed E-state index contributed by atoms with van der Waals surface area (Å²) in [4.78, 5) is 12.2. The van der Waals surface area contributed by atoms with Crippen LogP contribution in [0.2, 0.25) is 0 Å². The van der Waals surface area contributed by atoms with Crippen LogP contribution in [0.3, 0.4) is 0 Å². The van der Waals surface area contributed by atoms with Gasteiger partial charge in [-0.1, -0.05) is 42.5 Å². The number of phenols is 1. The van der Waals surface area contributed by atoms with Crippen LogP contribution in [0.4, 0.5) is 0 Å². The Morgan fingerprint density at radius 1 is 1.15 bits per heavy atom. The van der Waals surface area contributed by atoms with E-state index in [-0.39, 0.29) is 18.1 Å². The van der Waals surface area contributed by atoms with Gasteiger partial charge in [-0.2, -0.15) is 5.10 Å². The van der Waals surface area contributed by atoms with Crippen molar-refractivity contribution in [1.29, 1.82) is 0 Å². The minimum atomic E-state index is -0.193. The summed E-state index contributed by atoms with van der Waals surface area (Å²) in [6, 6.07) is 18.8. The van der Waals surface area contributed by atoms with Gasteiger partial charge in [0.25, 0.3) is 0 Å². The SMILES string of the molecule is CCOc1cc(/C=N/NC(=O)Cc2cccc3ccccc23)ccc1O. The fraction of sp³-hybridized carbons (Fsp3) is 0.143. The van der Waals surface area contributed by atoms with Gasteiger partial charge in [-0.15, -0.1) is 0 Å². The monoisotopic (exact) mass is 348 g/mol. The molecule has 0 aliphatic rings. The predicted octanol–water partition coefficient (Wildman–Crippen LogP) is 3.64. The molecule has 5 nitrogen and oxygen atoms in total. The van der Waals surface area contributed by atoms with Crippen LogP contribution >= 0.6 is 0 Å². The Bertz CT molecular complexity index is 946. The molecule has 0 saturated heterocycles. The van der Waals surface area contributed by atoms with Gasteiger partial charge in [-0.25, -0.2) is 5.43 Å². The lowest BCUT2D eigenvalue weighted by atomic mass is 10.0. The number of amides is 1. The van der Waals surface area contributed by atoms with Crippen LogP contribution in [-0.4, -0.2) is 23.8 Å². The summed E-state index contributed by atoms with van der Waals surface area (Å²) in [5.74, 6) is 0.268. The van der Waals surface area contributed by atoms with E-state index < -0.39 is 0 Å². The van der Waals surface area contributed by atoms with Gasteiger partial charge >= 0.3 is 0 Å². The molecular weight excluding hydrogens is 328 g/mol. The number of rotatable bonds is 6. The van der Waals surface area contributed by atoms with Crippen molar-refractivity contribution in [3.63, 3.8) is 0 Å². The molecule has 3 aromatic rings. The molecule has 1 amide bonds. The van der Waals surface area contributed by atoms with Crippen LogP contribution in [0.15, 0.2) is 65.8 Å². The lowest BCUT2D eigenvalue weighted by molar-refractivity contribution is -0.120. The molecule has 26 heavy (non-hydrogen) atoms. The number of carbonyl (C=O) groups is 1. The number of hydrazone groups is 1. The highest BCUT2D eigenvalue weighted by molar-refractivity contribution is 5.90. The number of ether oxygens (including phenoxy) is 1. The van der Waals surface area contributed by atoms with Crippen LogP contribution in [0, 0.1) is 0 Å². The van der Waals surface area contributed by atoms with Gasteiger partial charge in [0.1, 0.15) is 0 Å². The zero-order chi connectivity index (χ0) is 18.4. The van der Waals surface area contributed by atoms with Crippen molar-refractivity contribution < 1.29 is 14.6 Å². The van der Waals surface area contributed by atoms with E-state index in [2.05, 4.69) is 10.5 Å². The van der Waals surface area contributed by atoms with Crippen molar-refractivity contribution in [2.75, 3.05) is 6.61 Å². The average molecular weight is 348 g/mol. The molecule has 0 bridgehead atoms. The summed E-state index contributed by atoms with van der Waals surface area (Å²) in [5, 5.41) is 15.8. The molecule has 3 aromatic carbocycles. The van der Waals surface area contributed by atoms with Gasteiger partial charge in [0.15, 0.2) is 11.5 Å². The minimum absolute atomic E-state index is 0.0731. The molecular formula is C21H20N2O3. The molecule has 0 radical (unpaired) electrons. The maximum atomic E-state index is 12.2. The molecule has 0 saturated carbocycles. The van der Waals surface area contributed by atoms with Crippen molar-refractivity contribution in [1.82, 2.24) is 5.43 Å². The van der Waals surface area contributed by atoms with E-state index in [1.54, 1.807) is 12.1 Å². The van der Waals surface area contributed by atoms with Crippen LogP contribution in [0.5, 0.6) is 11.5 Å². The Labute approximate surface area is 151 Å². The minimum Gasteiger partial charge on any atom is -0.504 e. The molecule has 0 atom stereocenters. The second-order valence-electron chi connectivity index (χ2n) is 5.77. The first kappa shape index (κ1) is 17.5. The number of fused-ring (bicyclic) bond motifs is 1. The molecule has 5 heteroatoms. The number of phenolic OH excluding ortho intramolecular Hbond substituents is 1. The summed E-state index contributed by atoms with van der Waals surface area (Å²) in [6.07, 6.45) is 1.77. The molecule has 0 spiro atoms. The van der Waals surface area contributed by atoms with Gasteiger partial charge in [-0.3, -0.25) is 4.79 Å². The molecule has 3 rings (SSSR count). The van der Waals surface area contributed by atoms with Crippen molar-refractivity contribution >= 4 is 22.9 Å². The molecule has 132 valence electrons. The second-order valence-corrected chi connectivity index (χ2v) is 5.77. The molecule has 0 aromatic heterocycles. The average Bonchev–Trinajstić information content (AvgIpc) is 2.65. The molecule has 0 aliphatic carbocycles. The molecule has 0 fully saturated rings. The number of hydrogen-bond donors (Lipinski definition) is 2. The zero-order valence-corrected chi connectivity index (χ0v) is 14.5. The number of aromatic hydroxyl groups is 1.